The second-order valence-electron chi connectivity index (χ2n) is 4.34. The number of halogens is 1. The lowest BCUT2D eigenvalue weighted by atomic mass is 10.2. The highest BCUT2D eigenvalue weighted by Crippen LogP contribution is 2.20. The molecule has 2 aromatic heterocycles. The van der Waals surface area contributed by atoms with Crippen LogP contribution in [0.3, 0.4) is 0 Å². The van der Waals surface area contributed by atoms with E-state index < -0.39 is 5.97 Å². The van der Waals surface area contributed by atoms with Crippen molar-refractivity contribution in [2.45, 2.75) is 6.54 Å². The van der Waals surface area contributed by atoms with Crippen LogP contribution in [-0.4, -0.2) is 25.8 Å². The minimum Gasteiger partial charge on any atom is -0.476 e. The number of oxazole rings is 1. The summed E-state index contributed by atoms with van der Waals surface area (Å²) in [4.78, 5) is 15.0. The Bertz CT molecular complexity index is 781. The Morgan fingerprint density at radius 2 is 2.19 bits per heavy atom. The zero-order valence-electron chi connectivity index (χ0n) is 10.7. The number of carboxylic acid groups (broad SMARTS) is 1. The van der Waals surface area contributed by atoms with Gasteiger partial charge in [0.15, 0.2) is 12.1 Å². The molecule has 0 aliphatic heterocycles. The predicted octanol–water partition coefficient (Wildman–Crippen LogP) is 2.42. The highest BCUT2D eigenvalue weighted by Gasteiger charge is 2.17. The van der Waals surface area contributed by atoms with Crippen LogP contribution >= 0.6 is 0 Å². The molecule has 0 atom stereocenters. The first kappa shape index (κ1) is 13.0. The van der Waals surface area contributed by atoms with E-state index in [2.05, 4.69) is 10.1 Å². The summed E-state index contributed by atoms with van der Waals surface area (Å²) in [6.07, 6.45) is 2.61. The van der Waals surface area contributed by atoms with Gasteiger partial charge < -0.3 is 9.52 Å². The molecule has 0 aliphatic carbocycles. The number of hydrogen-bond acceptors (Lipinski definition) is 4. The number of benzene rings is 1. The van der Waals surface area contributed by atoms with Gasteiger partial charge in [0.05, 0.1) is 12.2 Å². The molecule has 2 heterocycles. The van der Waals surface area contributed by atoms with Gasteiger partial charge in [-0.05, 0) is 6.07 Å². The van der Waals surface area contributed by atoms with Crippen molar-refractivity contribution in [3.8, 4) is 11.4 Å². The maximum absolute atomic E-state index is 13.7. The monoisotopic (exact) mass is 287 g/mol. The lowest BCUT2D eigenvalue weighted by molar-refractivity contribution is 0.0689. The highest BCUT2D eigenvalue weighted by atomic mass is 19.1. The van der Waals surface area contributed by atoms with Gasteiger partial charge in [0.25, 0.3) is 0 Å². The molecule has 0 amide bonds. The Kier molecular flexibility index (Phi) is 3.23. The highest BCUT2D eigenvalue weighted by molar-refractivity contribution is 5.86. The van der Waals surface area contributed by atoms with Gasteiger partial charge in [-0.25, -0.2) is 14.2 Å². The molecule has 3 rings (SSSR count). The lowest BCUT2D eigenvalue weighted by Gasteiger charge is -2.06. The zero-order chi connectivity index (χ0) is 14.8. The third kappa shape index (κ3) is 2.53. The van der Waals surface area contributed by atoms with Crippen LogP contribution < -0.4 is 0 Å². The Labute approximate surface area is 118 Å². The summed E-state index contributed by atoms with van der Waals surface area (Å²) in [7, 11) is 0. The van der Waals surface area contributed by atoms with E-state index in [1.807, 2.05) is 0 Å². The number of carboxylic acids is 1. The van der Waals surface area contributed by atoms with Crippen LogP contribution in [0.2, 0.25) is 0 Å². The molecule has 0 radical (unpaired) electrons. The molecule has 1 N–H and O–H groups in total. The van der Waals surface area contributed by atoms with Crippen molar-refractivity contribution in [3.05, 3.63) is 60.1 Å². The molecule has 0 fully saturated rings. The minimum absolute atomic E-state index is 0.0994. The van der Waals surface area contributed by atoms with Gasteiger partial charge in [-0.1, -0.05) is 18.2 Å². The average molecular weight is 287 g/mol. The van der Waals surface area contributed by atoms with Gasteiger partial charge >= 0.3 is 5.97 Å². The van der Waals surface area contributed by atoms with E-state index in [9.17, 15) is 9.18 Å². The van der Waals surface area contributed by atoms with E-state index in [4.69, 9.17) is 9.52 Å². The number of hydrogen-bond donors (Lipinski definition) is 1. The maximum atomic E-state index is 13.7. The summed E-state index contributed by atoms with van der Waals surface area (Å²) in [5, 5.41) is 13.0. The van der Waals surface area contributed by atoms with Crippen LogP contribution in [0.25, 0.3) is 11.4 Å². The van der Waals surface area contributed by atoms with Crippen LogP contribution in [0.5, 0.6) is 0 Å². The van der Waals surface area contributed by atoms with Crippen LogP contribution in [-0.2, 0) is 6.54 Å². The number of nitrogens with zero attached hydrogens (tertiary/aromatic N) is 3. The molecule has 106 valence electrons. The van der Waals surface area contributed by atoms with Gasteiger partial charge in [-0.3, -0.25) is 4.68 Å². The average Bonchev–Trinajstić information content (AvgIpc) is 3.10. The molecule has 21 heavy (non-hydrogen) atoms. The zero-order valence-corrected chi connectivity index (χ0v) is 10.7. The van der Waals surface area contributed by atoms with Crippen molar-refractivity contribution in [2.24, 2.45) is 0 Å². The fourth-order valence-corrected chi connectivity index (χ4v) is 1.98. The van der Waals surface area contributed by atoms with Crippen molar-refractivity contribution in [3.63, 3.8) is 0 Å². The van der Waals surface area contributed by atoms with Crippen molar-refractivity contribution < 1.29 is 18.7 Å². The molecule has 7 heteroatoms. The summed E-state index contributed by atoms with van der Waals surface area (Å²) in [5.74, 6) is -1.54. The van der Waals surface area contributed by atoms with E-state index in [0.717, 1.165) is 0 Å². The maximum Gasteiger partial charge on any atom is 0.356 e. The van der Waals surface area contributed by atoms with Gasteiger partial charge in [0.1, 0.15) is 17.8 Å². The van der Waals surface area contributed by atoms with E-state index in [1.165, 1.54) is 29.5 Å². The SMILES string of the molecule is O=C(O)c1cc(-c2cocn2)n(Cc2ccccc2F)n1. The van der Waals surface area contributed by atoms with E-state index >= 15 is 0 Å². The standard InChI is InChI=1S/C14H10FN3O3/c15-10-4-2-1-3-9(10)6-18-13(12-7-21-8-16-12)5-11(17-18)14(19)20/h1-5,7-8H,6H2,(H,19,20). The van der Waals surface area contributed by atoms with Crippen LogP contribution in [0.15, 0.2) is 47.4 Å². The summed E-state index contributed by atoms with van der Waals surface area (Å²) >= 11 is 0. The molecule has 0 spiro atoms. The fraction of sp³-hybridized carbons (Fsp3) is 0.0714. The number of rotatable bonds is 4. The van der Waals surface area contributed by atoms with Crippen molar-refractivity contribution in [1.82, 2.24) is 14.8 Å². The van der Waals surface area contributed by atoms with Crippen molar-refractivity contribution in [2.75, 3.05) is 0 Å². The molecule has 0 bridgehead atoms. The fourth-order valence-electron chi connectivity index (χ4n) is 1.98. The smallest absolute Gasteiger partial charge is 0.356 e. The van der Waals surface area contributed by atoms with Gasteiger partial charge in [0, 0.05) is 11.6 Å². The topological polar surface area (TPSA) is 81.1 Å². The Hall–Kier alpha value is -2.96. The minimum atomic E-state index is -1.16. The van der Waals surface area contributed by atoms with Gasteiger partial charge in [-0.2, -0.15) is 5.10 Å². The molecule has 0 aliphatic rings. The normalized spacial score (nSPS) is 10.7. The molecule has 6 nitrogen and oxygen atoms in total. The van der Waals surface area contributed by atoms with E-state index in [-0.39, 0.29) is 18.1 Å². The summed E-state index contributed by atoms with van der Waals surface area (Å²) < 4.78 is 20.0. The molecule has 1 aromatic carbocycles. The summed E-state index contributed by atoms with van der Waals surface area (Å²) in [6, 6.07) is 7.62. The molecular formula is C14H10FN3O3. The molecular weight excluding hydrogens is 277 g/mol. The Morgan fingerprint density at radius 1 is 1.38 bits per heavy atom. The molecule has 0 saturated carbocycles. The summed E-state index contributed by atoms with van der Waals surface area (Å²) in [6.45, 7) is 0.0994. The molecule has 0 saturated heterocycles. The van der Waals surface area contributed by atoms with Gasteiger partial charge in [-0.15, -0.1) is 0 Å². The van der Waals surface area contributed by atoms with Crippen molar-refractivity contribution in [1.29, 1.82) is 0 Å². The predicted molar refractivity (Wildman–Crippen MR) is 70.2 cm³/mol. The summed E-state index contributed by atoms with van der Waals surface area (Å²) in [5.41, 5.74) is 1.15. The number of carbonyl (C=O) groups is 1. The van der Waals surface area contributed by atoms with E-state index in [1.54, 1.807) is 18.2 Å². The molecule has 0 unspecified atom stereocenters. The third-order valence-corrected chi connectivity index (χ3v) is 2.97. The van der Waals surface area contributed by atoms with Crippen molar-refractivity contribution >= 4 is 5.97 Å². The quantitative estimate of drug-likeness (QED) is 0.797. The second kappa shape index (κ2) is 5.20. The van der Waals surface area contributed by atoms with Gasteiger partial charge in [0.2, 0.25) is 0 Å². The van der Waals surface area contributed by atoms with Crippen LogP contribution in [0.1, 0.15) is 16.1 Å². The Balaban J connectivity index is 2.05. The van der Waals surface area contributed by atoms with E-state index in [0.29, 0.717) is 17.0 Å². The largest absolute Gasteiger partial charge is 0.476 e. The third-order valence-electron chi connectivity index (χ3n) is 2.97. The number of aromatic carboxylic acids is 1. The number of aromatic nitrogens is 3. The Morgan fingerprint density at radius 3 is 2.86 bits per heavy atom. The van der Waals surface area contributed by atoms with Crippen LogP contribution in [0, 0.1) is 5.82 Å². The first-order chi connectivity index (χ1) is 10.1. The second-order valence-corrected chi connectivity index (χ2v) is 4.34. The first-order valence-corrected chi connectivity index (χ1v) is 6.08. The van der Waals surface area contributed by atoms with Crippen LogP contribution in [0.4, 0.5) is 4.39 Å². The first-order valence-electron chi connectivity index (χ1n) is 6.08. The lowest BCUT2D eigenvalue weighted by Crippen LogP contribution is -2.07. The molecule has 3 aromatic rings.